The molecule has 0 saturated heterocycles. The number of methoxy groups -OCH3 is 1. The van der Waals surface area contributed by atoms with Crippen LogP contribution in [0.4, 0.5) is 11.4 Å². The Morgan fingerprint density at radius 1 is 1.04 bits per heavy atom. The molecule has 4 rings (SSSR count). The molecule has 0 aliphatic carbocycles. The van der Waals surface area contributed by atoms with E-state index in [4.69, 9.17) is 4.74 Å². The van der Waals surface area contributed by atoms with Crippen LogP contribution in [0.25, 0.3) is 11.1 Å². The van der Waals surface area contributed by atoms with Gasteiger partial charge in [0.05, 0.1) is 12.8 Å². The van der Waals surface area contributed by atoms with Crippen LogP contribution < -0.4 is 9.64 Å². The summed E-state index contributed by atoms with van der Waals surface area (Å²) in [6.07, 6.45) is 10.5. The zero-order chi connectivity index (χ0) is 17.2. The van der Waals surface area contributed by atoms with Crippen molar-refractivity contribution in [2.75, 3.05) is 18.6 Å². The van der Waals surface area contributed by atoms with Crippen molar-refractivity contribution in [2.45, 2.75) is 6.92 Å². The Hall–Kier alpha value is -2.34. The number of nitrogens with zero attached hydrogens (tertiary/aromatic N) is 2. The van der Waals surface area contributed by atoms with Gasteiger partial charge in [-0.1, -0.05) is 30.4 Å². The Bertz CT molecular complexity index is 941. The monoisotopic (exact) mass is 456 g/mol. The Morgan fingerprint density at radius 2 is 1.85 bits per heavy atom. The summed E-state index contributed by atoms with van der Waals surface area (Å²) in [5, 5.41) is 0. The third-order valence-electron chi connectivity index (χ3n) is 4.60. The van der Waals surface area contributed by atoms with E-state index in [0.717, 1.165) is 29.1 Å². The number of aliphatic imine (C=N–C) groups is 1. The van der Waals surface area contributed by atoms with Gasteiger partial charge in [-0.15, -0.1) is 24.0 Å². The van der Waals surface area contributed by atoms with E-state index in [1.807, 2.05) is 24.4 Å². The average molecular weight is 456 g/mol. The maximum atomic E-state index is 5.34. The molecule has 0 N–H and O–H groups in total. The molecule has 2 heterocycles. The number of hydrogen-bond acceptors (Lipinski definition) is 3. The summed E-state index contributed by atoms with van der Waals surface area (Å²) in [6, 6.07) is 14.5. The number of rotatable bonds is 3. The molecule has 2 aliphatic rings. The number of halogens is 1. The zero-order valence-corrected chi connectivity index (χ0v) is 17.2. The number of hydrogen-bond donors (Lipinski definition) is 0. The van der Waals surface area contributed by atoms with E-state index < -0.39 is 0 Å². The Labute approximate surface area is 171 Å². The van der Waals surface area contributed by atoms with Gasteiger partial charge in [-0.3, -0.25) is 4.99 Å². The molecule has 0 aromatic heterocycles. The molecule has 132 valence electrons. The lowest BCUT2D eigenvalue weighted by Gasteiger charge is -2.26. The van der Waals surface area contributed by atoms with Crippen molar-refractivity contribution in [3.63, 3.8) is 0 Å². The smallest absolute Gasteiger partial charge is 0.119 e. The predicted molar refractivity (Wildman–Crippen MR) is 121 cm³/mol. The van der Waals surface area contributed by atoms with E-state index in [1.165, 1.54) is 16.8 Å². The molecule has 0 atom stereocenters. The first-order chi connectivity index (χ1) is 12.3. The Kier molecular flexibility index (Phi) is 5.61. The van der Waals surface area contributed by atoms with Gasteiger partial charge in [-0.05, 0) is 42.8 Å². The molecule has 0 saturated carbocycles. The minimum Gasteiger partial charge on any atom is -0.497 e. The van der Waals surface area contributed by atoms with Crippen LogP contribution in [0, 0.1) is 0 Å². The van der Waals surface area contributed by atoms with Gasteiger partial charge in [0.1, 0.15) is 5.75 Å². The van der Waals surface area contributed by atoms with Crippen LogP contribution in [-0.4, -0.2) is 19.9 Å². The van der Waals surface area contributed by atoms with Crippen LogP contribution in [0.2, 0.25) is 0 Å². The van der Waals surface area contributed by atoms with Crippen LogP contribution >= 0.6 is 24.0 Å². The van der Waals surface area contributed by atoms with Gasteiger partial charge >= 0.3 is 0 Å². The summed E-state index contributed by atoms with van der Waals surface area (Å²) in [7, 11) is 1.69. The first-order valence-corrected chi connectivity index (χ1v) is 8.49. The average Bonchev–Trinajstić information content (AvgIpc) is 3.08. The lowest BCUT2D eigenvalue weighted by atomic mass is 9.98. The molecule has 0 spiro atoms. The summed E-state index contributed by atoms with van der Waals surface area (Å²) in [5.41, 5.74) is 6.91. The van der Waals surface area contributed by atoms with Crippen LogP contribution in [0.15, 0.2) is 71.9 Å². The first kappa shape index (κ1) is 18.5. The van der Waals surface area contributed by atoms with Crippen LogP contribution in [0.5, 0.6) is 5.75 Å². The predicted octanol–water partition coefficient (Wildman–Crippen LogP) is 5.85. The van der Waals surface area contributed by atoms with Gasteiger partial charge < -0.3 is 9.64 Å². The standard InChI is InChI=1S/C22H20N2O.HI/c1-3-24-13-12-16(19-6-4-5-7-22(19)24)8-9-17-15-23-21-11-10-18(25-2)14-20(17)21;/h4-15H,3H2,1-2H3;1H. The van der Waals surface area contributed by atoms with Crippen molar-refractivity contribution in [1.82, 2.24) is 0 Å². The van der Waals surface area contributed by atoms with Gasteiger partial charge in [-0.25, -0.2) is 0 Å². The van der Waals surface area contributed by atoms with Crippen molar-refractivity contribution in [3.8, 4) is 5.75 Å². The Balaban J connectivity index is 0.00000196. The van der Waals surface area contributed by atoms with Crippen molar-refractivity contribution >= 4 is 52.7 Å². The van der Waals surface area contributed by atoms with E-state index in [0.29, 0.717) is 0 Å². The highest BCUT2D eigenvalue weighted by molar-refractivity contribution is 14.0. The molecule has 0 fully saturated rings. The van der Waals surface area contributed by atoms with Gasteiger partial charge in [0, 0.05) is 41.3 Å². The molecule has 0 amide bonds. The number of para-hydroxylation sites is 1. The highest BCUT2D eigenvalue weighted by Crippen LogP contribution is 2.36. The second kappa shape index (κ2) is 7.91. The van der Waals surface area contributed by atoms with Crippen molar-refractivity contribution < 1.29 is 4.74 Å². The molecule has 0 bridgehead atoms. The summed E-state index contributed by atoms with van der Waals surface area (Å²) in [5.74, 6) is 0.851. The van der Waals surface area contributed by atoms with E-state index in [1.54, 1.807) is 7.11 Å². The minimum atomic E-state index is 0. The summed E-state index contributed by atoms with van der Waals surface area (Å²) in [6.45, 7) is 3.12. The number of ether oxygens (including phenoxy) is 1. The van der Waals surface area contributed by atoms with Gasteiger partial charge in [0.15, 0.2) is 0 Å². The SMILES string of the molecule is CCN1C=CC(=CC=C2C=Nc3ccc(OC)cc32)c2ccccc21.I. The number of anilines is 1. The van der Waals surface area contributed by atoms with Gasteiger partial charge in [0.2, 0.25) is 0 Å². The van der Waals surface area contributed by atoms with Gasteiger partial charge in [0.25, 0.3) is 0 Å². The number of allylic oxidation sites excluding steroid dienone is 5. The van der Waals surface area contributed by atoms with E-state index in [2.05, 4.69) is 65.5 Å². The zero-order valence-electron chi connectivity index (χ0n) is 14.8. The fourth-order valence-corrected chi connectivity index (χ4v) is 3.24. The summed E-state index contributed by atoms with van der Waals surface area (Å²) >= 11 is 0. The molecule has 3 nitrogen and oxygen atoms in total. The third-order valence-corrected chi connectivity index (χ3v) is 4.60. The second-order valence-electron chi connectivity index (χ2n) is 6.00. The van der Waals surface area contributed by atoms with Gasteiger partial charge in [-0.2, -0.15) is 0 Å². The number of benzene rings is 2. The van der Waals surface area contributed by atoms with Crippen LogP contribution in [-0.2, 0) is 0 Å². The van der Waals surface area contributed by atoms with E-state index in [-0.39, 0.29) is 24.0 Å². The number of fused-ring (bicyclic) bond motifs is 2. The van der Waals surface area contributed by atoms with Crippen LogP contribution in [0.3, 0.4) is 0 Å². The highest BCUT2D eigenvalue weighted by Gasteiger charge is 2.15. The molecular formula is C22H21IN2O. The molecule has 0 unspecified atom stereocenters. The molecule has 26 heavy (non-hydrogen) atoms. The quantitative estimate of drug-likeness (QED) is 0.542. The molecule has 2 aliphatic heterocycles. The highest BCUT2D eigenvalue weighted by atomic mass is 127. The summed E-state index contributed by atoms with van der Waals surface area (Å²) < 4.78 is 5.34. The summed E-state index contributed by atoms with van der Waals surface area (Å²) in [4.78, 5) is 6.75. The van der Waals surface area contributed by atoms with Crippen molar-refractivity contribution in [1.29, 1.82) is 0 Å². The molecule has 2 aromatic rings. The van der Waals surface area contributed by atoms with E-state index in [9.17, 15) is 0 Å². The molecule has 4 heteroatoms. The fraction of sp³-hybridized carbons (Fsp3) is 0.136. The molecule has 2 aromatic carbocycles. The molecule has 0 radical (unpaired) electrons. The largest absolute Gasteiger partial charge is 0.497 e. The normalized spacial score (nSPS) is 17.2. The maximum absolute atomic E-state index is 5.34. The first-order valence-electron chi connectivity index (χ1n) is 8.49. The third kappa shape index (κ3) is 3.33. The topological polar surface area (TPSA) is 24.8 Å². The van der Waals surface area contributed by atoms with Crippen molar-refractivity contribution in [2.24, 2.45) is 4.99 Å². The Morgan fingerprint density at radius 3 is 2.65 bits per heavy atom. The maximum Gasteiger partial charge on any atom is 0.119 e. The second-order valence-corrected chi connectivity index (χ2v) is 6.00. The van der Waals surface area contributed by atoms with Crippen molar-refractivity contribution in [3.05, 3.63) is 78.0 Å². The lowest BCUT2D eigenvalue weighted by Crippen LogP contribution is -2.18. The minimum absolute atomic E-state index is 0. The fourth-order valence-electron chi connectivity index (χ4n) is 3.24. The molecular weight excluding hydrogens is 435 g/mol. The van der Waals surface area contributed by atoms with Crippen LogP contribution in [0.1, 0.15) is 18.1 Å². The van der Waals surface area contributed by atoms with E-state index >= 15 is 0 Å². The lowest BCUT2D eigenvalue weighted by molar-refractivity contribution is 0.415.